The van der Waals surface area contributed by atoms with Crippen molar-refractivity contribution in [1.29, 1.82) is 0 Å². The maximum absolute atomic E-state index is 11.8. The molecule has 0 unspecified atom stereocenters. The Balaban J connectivity index is 1.82. The van der Waals surface area contributed by atoms with E-state index < -0.39 is 0 Å². The second kappa shape index (κ2) is 6.03. The van der Waals surface area contributed by atoms with Gasteiger partial charge in [0.25, 0.3) is 5.91 Å². The van der Waals surface area contributed by atoms with E-state index in [0.29, 0.717) is 16.5 Å². The number of piperidine rings is 1. The fourth-order valence-electron chi connectivity index (χ4n) is 2.03. The zero-order valence-corrected chi connectivity index (χ0v) is 10.5. The van der Waals surface area contributed by atoms with E-state index >= 15 is 0 Å². The Kier molecular flexibility index (Phi) is 4.40. The van der Waals surface area contributed by atoms with Crippen molar-refractivity contribution in [3.8, 4) is 0 Å². The molecule has 92 valence electrons. The van der Waals surface area contributed by atoms with Crippen LogP contribution >= 0.6 is 11.6 Å². The summed E-state index contributed by atoms with van der Waals surface area (Å²) < 4.78 is 0. The van der Waals surface area contributed by atoms with Crippen molar-refractivity contribution in [3.63, 3.8) is 0 Å². The molecule has 0 bridgehead atoms. The number of hydrogen-bond donors (Lipinski definition) is 2. The number of hydrogen-bond acceptors (Lipinski definition) is 2. The molecule has 0 spiro atoms. The van der Waals surface area contributed by atoms with E-state index in [1.165, 1.54) is 0 Å². The normalized spacial score (nSPS) is 16.8. The highest BCUT2D eigenvalue weighted by atomic mass is 35.5. The van der Waals surface area contributed by atoms with Gasteiger partial charge in [0, 0.05) is 17.1 Å². The average molecular weight is 253 g/mol. The van der Waals surface area contributed by atoms with E-state index in [9.17, 15) is 4.79 Å². The fraction of sp³-hybridized carbons (Fsp3) is 0.462. The highest BCUT2D eigenvalue weighted by Crippen LogP contribution is 2.11. The van der Waals surface area contributed by atoms with Crippen molar-refractivity contribution in [2.45, 2.75) is 12.8 Å². The molecule has 1 aliphatic rings. The van der Waals surface area contributed by atoms with Gasteiger partial charge in [0.1, 0.15) is 0 Å². The third-order valence-electron chi connectivity index (χ3n) is 3.12. The van der Waals surface area contributed by atoms with Gasteiger partial charge in [-0.15, -0.1) is 0 Å². The minimum absolute atomic E-state index is 0.0137. The Labute approximate surface area is 107 Å². The molecule has 3 nitrogen and oxygen atoms in total. The number of carbonyl (C=O) groups is 1. The first-order chi connectivity index (χ1) is 8.25. The summed E-state index contributed by atoms with van der Waals surface area (Å²) in [6.07, 6.45) is 2.28. The first-order valence-corrected chi connectivity index (χ1v) is 6.38. The van der Waals surface area contributed by atoms with Gasteiger partial charge in [0.15, 0.2) is 0 Å². The van der Waals surface area contributed by atoms with Crippen molar-refractivity contribution in [1.82, 2.24) is 10.6 Å². The molecule has 1 aromatic carbocycles. The third-order valence-corrected chi connectivity index (χ3v) is 3.37. The molecule has 17 heavy (non-hydrogen) atoms. The highest BCUT2D eigenvalue weighted by molar-refractivity contribution is 6.30. The Morgan fingerprint density at radius 1 is 1.29 bits per heavy atom. The molecule has 0 aromatic heterocycles. The van der Waals surface area contributed by atoms with Crippen LogP contribution in [-0.2, 0) is 0 Å². The first-order valence-electron chi connectivity index (χ1n) is 6.00. The minimum atomic E-state index is -0.0137. The summed E-state index contributed by atoms with van der Waals surface area (Å²) in [5, 5.41) is 6.94. The van der Waals surface area contributed by atoms with E-state index in [4.69, 9.17) is 11.6 Å². The van der Waals surface area contributed by atoms with Gasteiger partial charge in [-0.3, -0.25) is 4.79 Å². The Bertz CT molecular complexity index is 372. The predicted molar refractivity (Wildman–Crippen MR) is 69.4 cm³/mol. The average Bonchev–Trinajstić information content (AvgIpc) is 2.38. The molecular formula is C13H17ClN2O. The number of benzene rings is 1. The van der Waals surface area contributed by atoms with Crippen LogP contribution in [0.1, 0.15) is 23.2 Å². The Morgan fingerprint density at radius 3 is 2.59 bits per heavy atom. The van der Waals surface area contributed by atoms with Crippen molar-refractivity contribution in [2.75, 3.05) is 19.6 Å². The monoisotopic (exact) mass is 252 g/mol. The molecule has 1 aromatic rings. The molecule has 0 atom stereocenters. The molecule has 1 amide bonds. The summed E-state index contributed by atoms with van der Waals surface area (Å²) in [7, 11) is 0. The number of carbonyl (C=O) groups excluding carboxylic acids is 1. The van der Waals surface area contributed by atoms with Crippen LogP contribution in [0.3, 0.4) is 0 Å². The number of nitrogens with one attached hydrogen (secondary N) is 2. The molecule has 1 saturated heterocycles. The van der Waals surface area contributed by atoms with Crippen LogP contribution in [-0.4, -0.2) is 25.5 Å². The Hall–Kier alpha value is -1.06. The summed E-state index contributed by atoms with van der Waals surface area (Å²) in [6, 6.07) is 6.97. The fourth-order valence-corrected chi connectivity index (χ4v) is 2.15. The highest BCUT2D eigenvalue weighted by Gasteiger charge is 2.14. The second-order valence-corrected chi connectivity index (χ2v) is 4.85. The van der Waals surface area contributed by atoms with Crippen LogP contribution in [0.2, 0.25) is 5.02 Å². The lowest BCUT2D eigenvalue weighted by molar-refractivity contribution is 0.0944. The molecule has 4 heteroatoms. The van der Waals surface area contributed by atoms with Gasteiger partial charge in [-0.05, 0) is 56.1 Å². The molecule has 1 fully saturated rings. The van der Waals surface area contributed by atoms with Crippen molar-refractivity contribution in [2.24, 2.45) is 5.92 Å². The molecule has 1 heterocycles. The van der Waals surface area contributed by atoms with Gasteiger partial charge >= 0.3 is 0 Å². The SMILES string of the molecule is O=C(NCC1CCNCC1)c1ccc(Cl)cc1. The topological polar surface area (TPSA) is 41.1 Å². The predicted octanol–water partition coefficient (Wildman–Crippen LogP) is 2.07. The third kappa shape index (κ3) is 3.72. The molecule has 1 aliphatic heterocycles. The maximum atomic E-state index is 11.8. The zero-order chi connectivity index (χ0) is 12.1. The lowest BCUT2D eigenvalue weighted by Gasteiger charge is -2.22. The van der Waals surface area contributed by atoms with Crippen LogP contribution in [0, 0.1) is 5.92 Å². The molecular weight excluding hydrogens is 236 g/mol. The van der Waals surface area contributed by atoms with Gasteiger partial charge in [-0.25, -0.2) is 0 Å². The molecule has 0 saturated carbocycles. The van der Waals surface area contributed by atoms with E-state index in [-0.39, 0.29) is 5.91 Å². The number of halogens is 1. The van der Waals surface area contributed by atoms with Crippen LogP contribution in [0.4, 0.5) is 0 Å². The van der Waals surface area contributed by atoms with Crippen LogP contribution in [0.15, 0.2) is 24.3 Å². The summed E-state index contributed by atoms with van der Waals surface area (Å²) >= 11 is 5.78. The lowest BCUT2D eigenvalue weighted by Crippen LogP contribution is -2.35. The van der Waals surface area contributed by atoms with E-state index in [0.717, 1.165) is 32.5 Å². The second-order valence-electron chi connectivity index (χ2n) is 4.41. The van der Waals surface area contributed by atoms with Crippen LogP contribution in [0.5, 0.6) is 0 Å². The molecule has 2 N–H and O–H groups in total. The van der Waals surface area contributed by atoms with Gasteiger partial charge in [-0.2, -0.15) is 0 Å². The largest absolute Gasteiger partial charge is 0.352 e. The van der Waals surface area contributed by atoms with E-state index in [1.54, 1.807) is 24.3 Å². The summed E-state index contributed by atoms with van der Waals surface area (Å²) in [5.74, 6) is 0.590. The zero-order valence-electron chi connectivity index (χ0n) is 9.71. The summed E-state index contributed by atoms with van der Waals surface area (Å²) in [6.45, 7) is 2.88. The number of amides is 1. The minimum Gasteiger partial charge on any atom is -0.352 e. The Morgan fingerprint density at radius 2 is 1.94 bits per heavy atom. The lowest BCUT2D eigenvalue weighted by atomic mass is 9.98. The van der Waals surface area contributed by atoms with Gasteiger partial charge in [0.2, 0.25) is 0 Å². The smallest absolute Gasteiger partial charge is 0.251 e. The van der Waals surface area contributed by atoms with Crippen molar-refractivity contribution in [3.05, 3.63) is 34.9 Å². The quantitative estimate of drug-likeness (QED) is 0.865. The van der Waals surface area contributed by atoms with Gasteiger partial charge < -0.3 is 10.6 Å². The first kappa shape index (κ1) is 12.4. The van der Waals surface area contributed by atoms with Gasteiger partial charge in [0.05, 0.1) is 0 Å². The summed E-state index contributed by atoms with van der Waals surface area (Å²) in [4.78, 5) is 11.8. The number of rotatable bonds is 3. The van der Waals surface area contributed by atoms with Crippen molar-refractivity contribution >= 4 is 17.5 Å². The van der Waals surface area contributed by atoms with E-state index in [2.05, 4.69) is 10.6 Å². The molecule has 2 rings (SSSR count). The standard InChI is InChI=1S/C13H17ClN2O/c14-12-3-1-11(2-4-12)13(17)16-9-10-5-7-15-8-6-10/h1-4,10,15H,5-9H2,(H,16,17). The maximum Gasteiger partial charge on any atom is 0.251 e. The van der Waals surface area contributed by atoms with Crippen molar-refractivity contribution < 1.29 is 4.79 Å². The van der Waals surface area contributed by atoms with Gasteiger partial charge in [-0.1, -0.05) is 11.6 Å². The summed E-state index contributed by atoms with van der Waals surface area (Å²) in [5.41, 5.74) is 0.670. The molecule has 0 radical (unpaired) electrons. The molecule has 0 aliphatic carbocycles. The van der Waals surface area contributed by atoms with E-state index in [1.807, 2.05) is 0 Å². The van der Waals surface area contributed by atoms with Crippen LogP contribution in [0.25, 0.3) is 0 Å². The van der Waals surface area contributed by atoms with Crippen LogP contribution < -0.4 is 10.6 Å².